The van der Waals surface area contributed by atoms with Gasteiger partial charge >= 0.3 is 5.97 Å². The van der Waals surface area contributed by atoms with Crippen LogP contribution in [0, 0.1) is 10.1 Å². The van der Waals surface area contributed by atoms with Gasteiger partial charge in [0.25, 0.3) is 11.2 Å². The molecule has 1 atom stereocenters. The van der Waals surface area contributed by atoms with E-state index in [1.165, 1.54) is 22.8 Å². The highest BCUT2D eigenvalue weighted by Crippen LogP contribution is 2.31. The molecule has 1 aromatic heterocycles. The smallest absolute Gasteiger partial charge is 0.338 e. The van der Waals surface area contributed by atoms with Gasteiger partial charge in [-0.3, -0.25) is 19.5 Å². The van der Waals surface area contributed by atoms with Crippen LogP contribution >= 0.6 is 11.3 Å². The number of benzene rings is 2. The highest BCUT2D eigenvalue weighted by molar-refractivity contribution is 7.07. The summed E-state index contributed by atoms with van der Waals surface area (Å²) >= 11 is 1.04. The number of rotatable bonds is 5. The van der Waals surface area contributed by atoms with Gasteiger partial charge in [0.2, 0.25) is 0 Å². The number of nitro groups is 1. The molecule has 10 heteroatoms. The van der Waals surface area contributed by atoms with Gasteiger partial charge in [0.15, 0.2) is 4.80 Å². The van der Waals surface area contributed by atoms with Gasteiger partial charge in [0, 0.05) is 6.07 Å². The van der Waals surface area contributed by atoms with Crippen LogP contribution in [-0.2, 0) is 9.53 Å². The quantitative estimate of drug-likeness (QED) is 0.322. The molecule has 0 fully saturated rings. The summed E-state index contributed by atoms with van der Waals surface area (Å²) in [6, 6.07) is 12.2. The molecular formula is C23H18N3O6S-. The van der Waals surface area contributed by atoms with E-state index >= 15 is 0 Å². The zero-order valence-electron chi connectivity index (χ0n) is 17.7. The average Bonchev–Trinajstić information content (AvgIpc) is 3.09. The molecule has 1 aliphatic rings. The Balaban J connectivity index is 1.96. The van der Waals surface area contributed by atoms with Gasteiger partial charge < -0.3 is 9.84 Å². The van der Waals surface area contributed by atoms with Crippen LogP contribution in [0.2, 0.25) is 0 Å². The molecule has 0 saturated carbocycles. The van der Waals surface area contributed by atoms with Crippen LogP contribution in [-0.4, -0.2) is 22.1 Å². The fraction of sp³-hybridized carbons (Fsp3) is 0.174. The Morgan fingerprint density at radius 2 is 1.97 bits per heavy atom. The van der Waals surface area contributed by atoms with Crippen molar-refractivity contribution >= 4 is 29.1 Å². The first-order valence-corrected chi connectivity index (χ1v) is 10.8. The van der Waals surface area contributed by atoms with Crippen molar-refractivity contribution in [2.24, 2.45) is 4.99 Å². The normalized spacial score (nSPS) is 15.7. The Morgan fingerprint density at radius 1 is 1.24 bits per heavy atom. The van der Waals surface area contributed by atoms with Crippen molar-refractivity contribution < 1.29 is 19.6 Å². The molecule has 0 aliphatic carbocycles. The minimum Gasteiger partial charge on any atom is -0.867 e. The fourth-order valence-corrected chi connectivity index (χ4v) is 4.72. The lowest BCUT2D eigenvalue weighted by molar-refractivity contribution is -0.398. The van der Waals surface area contributed by atoms with Gasteiger partial charge in [-0.2, -0.15) is 0 Å². The topological polar surface area (TPSA) is 127 Å². The summed E-state index contributed by atoms with van der Waals surface area (Å²) in [5.74, 6) is -1.35. The van der Waals surface area contributed by atoms with Crippen molar-refractivity contribution in [3.05, 3.63) is 101 Å². The van der Waals surface area contributed by atoms with Gasteiger partial charge in [-0.05, 0) is 36.8 Å². The predicted molar refractivity (Wildman–Crippen MR) is 119 cm³/mol. The number of hydrogen-bond donors (Lipinski definition) is 0. The van der Waals surface area contributed by atoms with Crippen LogP contribution in [0.15, 0.2) is 69.6 Å². The zero-order chi connectivity index (χ0) is 23.7. The van der Waals surface area contributed by atoms with Crippen LogP contribution in [0.3, 0.4) is 0 Å². The van der Waals surface area contributed by atoms with Crippen molar-refractivity contribution in [2.75, 3.05) is 6.61 Å². The first-order chi connectivity index (χ1) is 15.8. The molecule has 168 valence electrons. The molecule has 9 nitrogen and oxygen atoms in total. The van der Waals surface area contributed by atoms with Crippen molar-refractivity contribution in [1.29, 1.82) is 0 Å². The Kier molecular flexibility index (Phi) is 5.93. The largest absolute Gasteiger partial charge is 0.867 e. The zero-order valence-corrected chi connectivity index (χ0v) is 18.5. The van der Waals surface area contributed by atoms with E-state index in [-0.39, 0.29) is 22.3 Å². The van der Waals surface area contributed by atoms with Gasteiger partial charge in [0.05, 0.1) is 33.4 Å². The third-order valence-electron chi connectivity index (χ3n) is 5.14. The van der Waals surface area contributed by atoms with Gasteiger partial charge in [-0.15, -0.1) is 0 Å². The van der Waals surface area contributed by atoms with Crippen LogP contribution in [0.25, 0.3) is 6.08 Å². The Hall–Kier alpha value is -4.05. The molecular weight excluding hydrogens is 446 g/mol. The number of para-hydroxylation sites is 1. The maximum absolute atomic E-state index is 13.4. The minimum atomic E-state index is -0.781. The molecule has 33 heavy (non-hydrogen) atoms. The Bertz CT molecular complexity index is 1470. The van der Waals surface area contributed by atoms with Crippen LogP contribution in [0.1, 0.15) is 31.0 Å². The predicted octanol–water partition coefficient (Wildman–Crippen LogP) is 1.78. The van der Waals surface area contributed by atoms with Crippen molar-refractivity contribution in [1.82, 2.24) is 4.57 Å². The molecule has 0 amide bonds. The number of allylic oxidation sites excluding steroid dienone is 1. The number of ether oxygens (including phenoxy) is 1. The SMILES string of the molecule is CCOC(=O)C1=C(C)N=c2s/c(=C\c3cccc([N+](=O)[O-])c3[O-])c(=O)n2[C@H]1c1ccccc1. The molecule has 3 aromatic rings. The van der Waals surface area contributed by atoms with E-state index in [2.05, 4.69) is 4.99 Å². The molecule has 0 saturated heterocycles. The molecule has 2 aromatic carbocycles. The number of carbonyl (C=O) groups is 1. The number of esters is 1. The van der Waals surface area contributed by atoms with E-state index in [1.54, 1.807) is 38.1 Å². The monoisotopic (exact) mass is 464 g/mol. The number of aromatic nitrogens is 1. The summed E-state index contributed by atoms with van der Waals surface area (Å²) in [5.41, 5.74) is 0.359. The Morgan fingerprint density at radius 3 is 2.64 bits per heavy atom. The first-order valence-electron chi connectivity index (χ1n) is 10.0. The minimum absolute atomic E-state index is 0.0204. The summed E-state index contributed by atoms with van der Waals surface area (Å²) in [5, 5.41) is 23.6. The van der Waals surface area contributed by atoms with Crippen LogP contribution < -0.4 is 20.0 Å². The molecule has 1 aliphatic heterocycles. The second-order valence-corrected chi connectivity index (χ2v) is 8.17. The van der Waals surface area contributed by atoms with Crippen molar-refractivity contribution in [3.63, 3.8) is 0 Å². The number of hydrogen-bond acceptors (Lipinski definition) is 8. The summed E-state index contributed by atoms with van der Waals surface area (Å²) < 4.78 is 6.80. The first kappa shape index (κ1) is 22.2. The van der Waals surface area contributed by atoms with Crippen molar-refractivity contribution in [3.8, 4) is 5.75 Å². The van der Waals surface area contributed by atoms with E-state index < -0.39 is 33.9 Å². The molecule has 4 rings (SSSR count). The molecule has 0 radical (unpaired) electrons. The average molecular weight is 464 g/mol. The number of nitro benzene ring substituents is 1. The maximum atomic E-state index is 13.4. The van der Waals surface area contributed by atoms with Crippen LogP contribution in [0.4, 0.5) is 5.69 Å². The Labute approximate surface area is 191 Å². The standard InChI is InChI=1S/C23H19N3O6S/c1-3-32-22(29)18-13(2)24-23-25(19(18)14-8-5-4-6-9-14)21(28)17(33-23)12-15-10-7-11-16(20(15)27)26(30)31/h4-12,19,27H,3H2,1-2H3/p-1/b17-12-/t19-/m0/s1. The molecule has 0 bridgehead atoms. The van der Waals surface area contributed by atoms with E-state index in [9.17, 15) is 24.8 Å². The van der Waals surface area contributed by atoms with Gasteiger partial charge in [-0.25, -0.2) is 9.79 Å². The lowest BCUT2D eigenvalue weighted by Crippen LogP contribution is -2.39. The summed E-state index contributed by atoms with van der Waals surface area (Å²) in [4.78, 5) is 41.4. The lowest BCUT2D eigenvalue weighted by Gasteiger charge is -2.24. The molecule has 2 heterocycles. The number of thiazole rings is 1. The third-order valence-corrected chi connectivity index (χ3v) is 6.12. The highest BCUT2D eigenvalue weighted by atomic mass is 32.1. The number of nitrogens with zero attached hydrogens (tertiary/aromatic N) is 3. The molecule has 0 unspecified atom stereocenters. The molecule has 0 N–H and O–H groups in total. The van der Waals surface area contributed by atoms with Gasteiger partial charge in [0.1, 0.15) is 0 Å². The fourth-order valence-electron chi connectivity index (χ4n) is 3.68. The van der Waals surface area contributed by atoms with E-state index in [0.29, 0.717) is 16.1 Å². The van der Waals surface area contributed by atoms with E-state index in [1.807, 2.05) is 6.07 Å². The lowest BCUT2D eigenvalue weighted by atomic mass is 9.96. The maximum Gasteiger partial charge on any atom is 0.338 e. The molecule has 0 spiro atoms. The second kappa shape index (κ2) is 8.83. The summed E-state index contributed by atoms with van der Waals surface area (Å²) in [7, 11) is 0. The van der Waals surface area contributed by atoms with Crippen molar-refractivity contribution in [2.45, 2.75) is 19.9 Å². The van der Waals surface area contributed by atoms with Gasteiger partial charge in [-0.1, -0.05) is 53.8 Å². The number of carbonyl (C=O) groups excluding carboxylic acids is 1. The van der Waals surface area contributed by atoms with E-state index in [4.69, 9.17) is 4.74 Å². The third kappa shape index (κ3) is 3.96. The second-order valence-electron chi connectivity index (χ2n) is 7.17. The summed E-state index contributed by atoms with van der Waals surface area (Å²) in [6.07, 6.45) is 1.32. The highest BCUT2D eigenvalue weighted by Gasteiger charge is 2.33. The summed E-state index contributed by atoms with van der Waals surface area (Å²) in [6.45, 7) is 3.54. The number of fused-ring (bicyclic) bond motifs is 1. The van der Waals surface area contributed by atoms with E-state index in [0.717, 1.165) is 17.4 Å². The van der Waals surface area contributed by atoms with Crippen LogP contribution in [0.5, 0.6) is 5.75 Å².